The maximum Gasteiger partial charge on any atom is 0.297 e. The van der Waals surface area contributed by atoms with Crippen LogP contribution in [0, 0.1) is 16.0 Å². The van der Waals surface area contributed by atoms with E-state index in [0.29, 0.717) is 12.5 Å². The Labute approximate surface area is 127 Å². The molecule has 110 valence electrons. The number of halogens is 2. The summed E-state index contributed by atoms with van der Waals surface area (Å²) in [6.07, 6.45) is 5.82. The minimum absolute atomic E-state index is 0.0693. The third-order valence-electron chi connectivity index (χ3n) is 3.58. The molecule has 1 aliphatic carbocycles. The van der Waals surface area contributed by atoms with E-state index in [1.165, 1.54) is 19.3 Å². The molecule has 0 unspecified atom stereocenters. The van der Waals surface area contributed by atoms with Gasteiger partial charge in [0, 0.05) is 6.07 Å². The van der Waals surface area contributed by atoms with E-state index in [0.717, 1.165) is 18.9 Å². The van der Waals surface area contributed by atoms with Crippen LogP contribution in [0.25, 0.3) is 0 Å². The Balaban J connectivity index is 2.19. The molecule has 0 amide bonds. The highest BCUT2D eigenvalue weighted by Gasteiger charge is 2.23. The van der Waals surface area contributed by atoms with E-state index in [2.05, 4.69) is 0 Å². The third-order valence-corrected chi connectivity index (χ3v) is 4.35. The Morgan fingerprint density at radius 2 is 2.00 bits per heavy atom. The fourth-order valence-electron chi connectivity index (χ4n) is 2.45. The first-order valence-corrected chi connectivity index (χ1v) is 7.31. The minimum Gasteiger partial charge on any atom is -0.489 e. The molecule has 2 N–H and O–H groups in total. The third kappa shape index (κ3) is 3.27. The molecule has 7 heteroatoms. The summed E-state index contributed by atoms with van der Waals surface area (Å²) in [6, 6.07) is 1.15. The van der Waals surface area contributed by atoms with Crippen molar-refractivity contribution < 1.29 is 9.66 Å². The quantitative estimate of drug-likeness (QED) is 0.505. The van der Waals surface area contributed by atoms with Gasteiger partial charge in [-0.3, -0.25) is 10.1 Å². The van der Waals surface area contributed by atoms with Crippen molar-refractivity contribution in [1.29, 1.82) is 0 Å². The van der Waals surface area contributed by atoms with Gasteiger partial charge in [-0.1, -0.05) is 42.5 Å². The summed E-state index contributed by atoms with van der Waals surface area (Å²) < 4.78 is 5.63. The summed E-state index contributed by atoms with van der Waals surface area (Å²) in [5, 5.41) is 11.1. The van der Waals surface area contributed by atoms with E-state index in [4.69, 9.17) is 33.7 Å². The number of hydrogen-bond donors (Lipinski definition) is 1. The number of ether oxygens (including phenoxy) is 1. The zero-order chi connectivity index (χ0) is 14.7. The predicted molar refractivity (Wildman–Crippen MR) is 79.6 cm³/mol. The van der Waals surface area contributed by atoms with E-state index in [-0.39, 0.29) is 27.2 Å². The van der Waals surface area contributed by atoms with Gasteiger partial charge in [0.2, 0.25) is 0 Å². The Hall–Kier alpha value is -1.20. The number of benzene rings is 1. The van der Waals surface area contributed by atoms with Crippen LogP contribution in [0.4, 0.5) is 11.4 Å². The summed E-state index contributed by atoms with van der Waals surface area (Å²) >= 11 is 11.9. The molecule has 0 spiro atoms. The average molecular weight is 319 g/mol. The minimum atomic E-state index is -0.592. The highest BCUT2D eigenvalue weighted by atomic mass is 35.5. The van der Waals surface area contributed by atoms with E-state index in [9.17, 15) is 10.1 Å². The van der Waals surface area contributed by atoms with Gasteiger partial charge in [0.1, 0.15) is 5.02 Å². The number of nitro benzene ring substituents is 1. The number of nitrogen functional groups attached to an aromatic ring is 1. The first kappa shape index (κ1) is 15.2. The SMILES string of the molecule is Nc1c([N+](=O)[O-])cc(Cl)c(Cl)c1OCC1CCCCC1. The lowest BCUT2D eigenvalue weighted by Crippen LogP contribution is -2.16. The van der Waals surface area contributed by atoms with Crippen molar-refractivity contribution in [3.05, 3.63) is 26.2 Å². The molecule has 0 atom stereocenters. The Morgan fingerprint density at radius 1 is 1.35 bits per heavy atom. The van der Waals surface area contributed by atoms with Crippen molar-refractivity contribution in [1.82, 2.24) is 0 Å². The van der Waals surface area contributed by atoms with Gasteiger partial charge in [0.25, 0.3) is 5.69 Å². The van der Waals surface area contributed by atoms with Crippen LogP contribution >= 0.6 is 23.2 Å². The van der Waals surface area contributed by atoms with Gasteiger partial charge in [-0.15, -0.1) is 0 Å². The van der Waals surface area contributed by atoms with Gasteiger partial charge in [-0.05, 0) is 18.8 Å². The van der Waals surface area contributed by atoms with Crippen LogP contribution in [0.15, 0.2) is 6.07 Å². The van der Waals surface area contributed by atoms with Crippen molar-refractivity contribution in [3.63, 3.8) is 0 Å². The Bertz CT molecular complexity index is 517. The van der Waals surface area contributed by atoms with Crippen LogP contribution in [-0.2, 0) is 0 Å². The molecule has 1 aromatic rings. The van der Waals surface area contributed by atoms with Gasteiger partial charge in [0.05, 0.1) is 16.6 Å². The van der Waals surface area contributed by atoms with Gasteiger partial charge in [-0.25, -0.2) is 0 Å². The highest BCUT2D eigenvalue weighted by molar-refractivity contribution is 6.43. The van der Waals surface area contributed by atoms with Gasteiger partial charge >= 0.3 is 0 Å². The molecule has 0 saturated heterocycles. The normalized spacial score (nSPS) is 16.1. The molecule has 1 saturated carbocycles. The zero-order valence-electron chi connectivity index (χ0n) is 10.9. The molecule has 0 aliphatic heterocycles. The molecule has 0 heterocycles. The summed E-state index contributed by atoms with van der Waals surface area (Å²) in [5.74, 6) is 0.564. The molecule has 0 radical (unpaired) electrons. The highest BCUT2D eigenvalue weighted by Crippen LogP contribution is 2.43. The first-order chi connectivity index (χ1) is 9.50. The van der Waals surface area contributed by atoms with Crippen molar-refractivity contribution in [3.8, 4) is 5.75 Å². The number of hydrogen-bond acceptors (Lipinski definition) is 4. The fourth-order valence-corrected chi connectivity index (χ4v) is 2.85. The first-order valence-electron chi connectivity index (χ1n) is 6.55. The number of rotatable bonds is 4. The van der Waals surface area contributed by atoms with Gasteiger partial charge < -0.3 is 10.5 Å². The summed E-state index contributed by atoms with van der Waals surface area (Å²) in [7, 11) is 0. The lowest BCUT2D eigenvalue weighted by molar-refractivity contribution is -0.383. The average Bonchev–Trinajstić information content (AvgIpc) is 2.43. The molecule has 5 nitrogen and oxygen atoms in total. The van der Waals surface area contributed by atoms with Crippen molar-refractivity contribution in [2.24, 2.45) is 5.92 Å². The van der Waals surface area contributed by atoms with Crippen molar-refractivity contribution >= 4 is 34.6 Å². The molecule has 0 aromatic heterocycles. The fraction of sp³-hybridized carbons (Fsp3) is 0.538. The van der Waals surface area contributed by atoms with Crippen LogP contribution in [0.1, 0.15) is 32.1 Å². The summed E-state index contributed by atoms with van der Waals surface area (Å²) in [5.41, 5.74) is 5.41. The van der Waals surface area contributed by atoms with Gasteiger partial charge in [0.15, 0.2) is 11.4 Å². The monoisotopic (exact) mass is 318 g/mol. The van der Waals surface area contributed by atoms with E-state index >= 15 is 0 Å². The second-order valence-electron chi connectivity index (χ2n) is 5.01. The van der Waals surface area contributed by atoms with E-state index < -0.39 is 4.92 Å². The van der Waals surface area contributed by atoms with E-state index in [1.807, 2.05) is 0 Å². The van der Waals surface area contributed by atoms with E-state index in [1.54, 1.807) is 0 Å². The van der Waals surface area contributed by atoms with Crippen molar-refractivity contribution in [2.45, 2.75) is 32.1 Å². The molecule has 1 fully saturated rings. The second kappa shape index (κ2) is 6.50. The molecule has 2 rings (SSSR count). The maximum absolute atomic E-state index is 10.9. The summed E-state index contributed by atoms with van der Waals surface area (Å²) in [6.45, 7) is 0.460. The Kier molecular flexibility index (Phi) is 4.94. The largest absolute Gasteiger partial charge is 0.489 e. The Morgan fingerprint density at radius 3 is 2.60 bits per heavy atom. The molecule has 1 aromatic carbocycles. The molecule has 1 aliphatic rings. The lowest BCUT2D eigenvalue weighted by Gasteiger charge is -2.22. The topological polar surface area (TPSA) is 78.4 Å². The molecule has 0 bridgehead atoms. The van der Waals surface area contributed by atoms with Crippen LogP contribution in [-0.4, -0.2) is 11.5 Å². The van der Waals surface area contributed by atoms with Gasteiger partial charge in [-0.2, -0.15) is 0 Å². The van der Waals surface area contributed by atoms with Crippen LogP contribution in [0.5, 0.6) is 5.75 Å². The number of nitrogens with two attached hydrogens (primary N) is 1. The van der Waals surface area contributed by atoms with Crippen molar-refractivity contribution in [2.75, 3.05) is 12.3 Å². The van der Waals surface area contributed by atoms with Crippen LogP contribution in [0.2, 0.25) is 10.0 Å². The number of nitrogens with zero attached hydrogens (tertiary/aromatic N) is 1. The molecular weight excluding hydrogens is 303 g/mol. The zero-order valence-corrected chi connectivity index (χ0v) is 12.4. The molecule has 20 heavy (non-hydrogen) atoms. The van der Waals surface area contributed by atoms with Crippen LogP contribution in [0.3, 0.4) is 0 Å². The smallest absolute Gasteiger partial charge is 0.297 e. The lowest BCUT2D eigenvalue weighted by atomic mass is 9.90. The van der Waals surface area contributed by atoms with Crippen LogP contribution < -0.4 is 10.5 Å². The maximum atomic E-state index is 10.9. The number of anilines is 1. The second-order valence-corrected chi connectivity index (χ2v) is 5.79. The predicted octanol–water partition coefficient (Wildman–Crippen LogP) is 4.44. The standard InChI is InChI=1S/C13H16Cl2N2O3/c14-9-6-10(17(18)19)12(16)13(11(9)15)20-7-8-4-2-1-3-5-8/h6,8H,1-5,7,16H2. The molecular formula is C13H16Cl2N2O3. The number of nitro groups is 1. The summed E-state index contributed by atoms with van der Waals surface area (Å²) in [4.78, 5) is 10.3.